The van der Waals surface area contributed by atoms with E-state index in [1.807, 2.05) is 22.1 Å². The molecule has 0 bridgehead atoms. The van der Waals surface area contributed by atoms with Crippen molar-refractivity contribution in [3.63, 3.8) is 0 Å². The third-order valence-electron chi connectivity index (χ3n) is 7.72. The molecule has 4 aliphatic heterocycles. The van der Waals surface area contributed by atoms with E-state index < -0.39 is 5.41 Å². The van der Waals surface area contributed by atoms with Crippen molar-refractivity contribution in [1.82, 2.24) is 19.7 Å². The molecule has 32 heavy (non-hydrogen) atoms. The summed E-state index contributed by atoms with van der Waals surface area (Å²) in [5.74, 6) is 1.66. The predicted molar refractivity (Wildman–Crippen MR) is 121 cm³/mol. The van der Waals surface area contributed by atoms with Crippen LogP contribution in [-0.4, -0.2) is 104 Å². The Labute approximate surface area is 190 Å². The Bertz CT molecular complexity index is 852. The molecule has 0 saturated carbocycles. The SMILES string of the molecule is CN1C[C@H]2CN(C(=O)CCc3ccnc(N4CCOCC4)c3)C[C@@]2(C(=O)N2CCCC2)C1. The normalized spacial score (nSPS) is 28.4. The number of nitrogens with zero attached hydrogens (tertiary/aromatic N) is 5. The van der Waals surface area contributed by atoms with Crippen molar-refractivity contribution in [3.8, 4) is 0 Å². The van der Waals surface area contributed by atoms with Crippen LogP contribution in [0.1, 0.15) is 24.8 Å². The smallest absolute Gasteiger partial charge is 0.232 e. The van der Waals surface area contributed by atoms with Crippen LogP contribution in [-0.2, 0) is 20.7 Å². The Hall–Kier alpha value is -2.19. The monoisotopic (exact) mass is 441 g/mol. The number of morpholine rings is 1. The molecule has 5 rings (SSSR count). The van der Waals surface area contributed by atoms with Crippen molar-refractivity contribution < 1.29 is 14.3 Å². The predicted octanol–water partition coefficient (Wildman–Crippen LogP) is 0.863. The number of amides is 2. The minimum Gasteiger partial charge on any atom is -0.378 e. The van der Waals surface area contributed by atoms with E-state index in [4.69, 9.17) is 4.74 Å². The fraction of sp³-hybridized carbons (Fsp3) is 0.708. The Kier molecular flexibility index (Phi) is 6.07. The maximum absolute atomic E-state index is 13.5. The van der Waals surface area contributed by atoms with Crippen LogP contribution in [0.25, 0.3) is 0 Å². The van der Waals surface area contributed by atoms with Crippen LogP contribution in [0.15, 0.2) is 18.3 Å². The first kappa shape index (κ1) is 21.6. The molecule has 5 heterocycles. The van der Waals surface area contributed by atoms with Gasteiger partial charge >= 0.3 is 0 Å². The zero-order valence-corrected chi connectivity index (χ0v) is 19.2. The molecule has 1 aromatic rings. The molecule has 2 amide bonds. The van der Waals surface area contributed by atoms with Crippen LogP contribution < -0.4 is 4.90 Å². The van der Waals surface area contributed by atoms with Crippen LogP contribution in [0.4, 0.5) is 5.82 Å². The summed E-state index contributed by atoms with van der Waals surface area (Å²) >= 11 is 0. The highest BCUT2D eigenvalue weighted by Gasteiger charge is 2.58. The highest BCUT2D eigenvalue weighted by atomic mass is 16.5. The van der Waals surface area contributed by atoms with E-state index in [1.165, 1.54) is 0 Å². The van der Waals surface area contributed by atoms with Gasteiger partial charge in [0.15, 0.2) is 0 Å². The summed E-state index contributed by atoms with van der Waals surface area (Å²) in [5.41, 5.74) is 0.728. The molecule has 0 radical (unpaired) electrons. The molecule has 0 unspecified atom stereocenters. The first-order chi connectivity index (χ1) is 15.5. The Morgan fingerprint density at radius 2 is 1.88 bits per heavy atom. The largest absolute Gasteiger partial charge is 0.378 e. The fourth-order valence-electron chi connectivity index (χ4n) is 6.03. The number of fused-ring (bicyclic) bond motifs is 1. The second-order valence-electron chi connectivity index (χ2n) is 9.95. The summed E-state index contributed by atoms with van der Waals surface area (Å²) in [6.07, 6.45) is 5.22. The number of hydrogen-bond donors (Lipinski definition) is 0. The van der Waals surface area contributed by atoms with Gasteiger partial charge in [0.25, 0.3) is 0 Å². The van der Waals surface area contributed by atoms with Crippen molar-refractivity contribution in [2.24, 2.45) is 11.3 Å². The lowest BCUT2D eigenvalue weighted by molar-refractivity contribution is -0.141. The minimum absolute atomic E-state index is 0.167. The quantitative estimate of drug-likeness (QED) is 0.675. The van der Waals surface area contributed by atoms with E-state index in [1.54, 1.807) is 0 Å². The number of ether oxygens (including phenoxy) is 1. The molecule has 0 spiro atoms. The number of carbonyl (C=O) groups is 2. The zero-order chi connectivity index (χ0) is 22.1. The molecule has 0 N–H and O–H groups in total. The van der Waals surface area contributed by atoms with Crippen molar-refractivity contribution in [3.05, 3.63) is 23.9 Å². The van der Waals surface area contributed by atoms with Crippen LogP contribution in [0.2, 0.25) is 0 Å². The lowest BCUT2D eigenvalue weighted by Crippen LogP contribution is -2.49. The van der Waals surface area contributed by atoms with E-state index >= 15 is 0 Å². The van der Waals surface area contributed by atoms with Crippen LogP contribution in [0.5, 0.6) is 0 Å². The van der Waals surface area contributed by atoms with Gasteiger partial charge in [-0.25, -0.2) is 4.98 Å². The van der Waals surface area contributed by atoms with Crippen LogP contribution in [0, 0.1) is 11.3 Å². The number of likely N-dealkylation sites (tertiary alicyclic amines) is 3. The van der Waals surface area contributed by atoms with Gasteiger partial charge in [-0.05, 0) is 44.0 Å². The van der Waals surface area contributed by atoms with E-state index in [0.717, 1.165) is 76.7 Å². The first-order valence-electron chi connectivity index (χ1n) is 12.1. The van der Waals surface area contributed by atoms with Gasteiger partial charge in [0.2, 0.25) is 11.8 Å². The molecule has 4 fully saturated rings. The van der Waals surface area contributed by atoms with Gasteiger partial charge in [-0.15, -0.1) is 0 Å². The maximum Gasteiger partial charge on any atom is 0.232 e. The Morgan fingerprint density at radius 3 is 2.66 bits per heavy atom. The number of aryl methyl sites for hydroxylation is 1. The van der Waals surface area contributed by atoms with Crippen molar-refractivity contribution in [1.29, 1.82) is 0 Å². The van der Waals surface area contributed by atoms with Gasteiger partial charge in [-0.3, -0.25) is 9.59 Å². The summed E-state index contributed by atoms with van der Waals surface area (Å²) < 4.78 is 5.43. The number of hydrogen-bond acceptors (Lipinski definition) is 6. The van der Waals surface area contributed by atoms with Gasteiger partial charge in [0.05, 0.1) is 18.6 Å². The number of anilines is 1. The molecular weight excluding hydrogens is 406 g/mol. The maximum atomic E-state index is 13.5. The molecule has 1 aromatic heterocycles. The fourth-order valence-corrected chi connectivity index (χ4v) is 6.03. The molecule has 8 nitrogen and oxygen atoms in total. The van der Waals surface area contributed by atoms with Gasteiger partial charge in [-0.2, -0.15) is 0 Å². The van der Waals surface area contributed by atoms with Crippen LogP contribution >= 0.6 is 0 Å². The molecule has 0 aromatic carbocycles. The summed E-state index contributed by atoms with van der Waals surface area (Å²) in [5, 5.41) is 0. The third kappa shape index (κ3) is 4.10. The van der Waals surface area contributed by atoms with Gasteiger partial charge in [-0.1, -0.05) is 0 Å². The van der Waals surface area contributed by atoms with Gasteiger partial charge in [0, 0.05) is 70.9 Å². The van der Waals surface area contributed by atoms with E-state index in [0.29, 0.717) is 25.9 Å². The van der Waals surface area contributed by atoms with Crippen LogP contribution in [0.3, 0.4) is 0 Å². The number of pyridine rings is 1. The molecular formula is C24H35N5O3. The van der Waals surface area contributed by atoms with Gasteiger partial charge in [0.1, 0.15) is 5.82 Å². The molecule has 174 valence electrons. The lowest BCUT2D eigenvalue weighted by Gasteiger charge is -2.32. The van der Waals surface area contributed by atoms with Crippen molar-refractivity contribution in [2.75, 3.05) is 77.5 Å². The molecule has 2 atom stereocenters. The lowest BCUT2D eigenvalue weighted by atomic mass is 9.79. The standard InChI is InChI=1S/C24H35N5O3/c1-26-15-20-16-29(18-24(20,17-26)23(31)28-8-2-3-9-28)22(30)5-4-19-6-7-25-21(14-19)27-10-12-32-13-11-27/h6-7,14,20H,2-5,8-13,15-18H2,1H3/t20-,24-/m0/s1. The molecule has 8 heteroatoms. The van der Waals surface area contributed by atoms with Gasteiger partial charge < -0.3 is 24.3 Å². The van der Waals surface area contributed by atoms with Crippen molar-refractivity contribution in [2.45, 2.75) is 25.7 Å². The average Bonchev–Trinajstić information content (AvgIpc) is 3.53. The highest BCUT2D eigenvalue weighted by Crippen LogP contribution is 2.44. The number of carbonyl (C=O) groups excluding carboxylic acids is 2. The number of rotatable bonds is 5. The van der Waals surface area contributed by atoms with E-state index in [9.17, 15) is 9.59 Å². The second-order valence-corrected chi connectivity index (χ2v) is 9.95. The highest BCUT2D eigenvalue weighted by molar-refractivity contribution is 5.87. The third-order valence-corrected chi connectivity index (χ3v) is 7.72. The average molecular weight is 442 g/mol. The Balaban J connectivity index is 1.22. The first-order valence-corrected chi connectivity index (χ1v) is 12.1. The van der Waals surface area contributed by atoms with Crippen molar-refractivity contribution >= 4 is 17.6 Å². The minimum atomic E-state index is -0.408. The second kappa shape index (κ2) is 8.98. The topological polar surface area (TPSA) is 69.2 Å². The molecule has 4 aliphatic rings. The number of aromatic nitrogens is 1. The Morgan fingerprint density at radius 1 is 1.09 bits per heavy atom. The summed E-state index contributed by atoms with van der Waals surface area (Å²) in [7, 11) is 2.10. The summed E-state index contributed by atoms with van der Waals surface area (Å²) in [6.45, 7) is 7.86. The van der Waals surface area contributed by atoms with E-state index in [-0.39, 0.29) is 17.7 Å². The summed E-state index contributed by atoms with van der Waals surface area (Å²) in [4.78, 5) is 39.6. The zero-order valence-electron chi connectivity index (χ0n) is 19.2. The van der Waals surface area contributed by atoms with E-state index in [2.05, 4.69) is 27.9 Å². The summed E-state index contributed by atoms with van der Waals surface area (Å²) in [6, 6.07) is 4.11. The molecule has 4 saturated heterocycles. The molecule has 0 aliphatic carbocycles.